The molecule has 1 aromatic heterocycles. The summed E-state index contributed by atoms with van der Waals surface area (Å²) in [4.78, 5) is 17.3. The molecule has 1 unspecified atom stereocenters. The lowest BCUT2D eigenvalue weighted by Gasteiger charge is -2.23. The Hall–Kier alpha value is -1.42. The molecular formula is C13H20N2O2. The number of hydrogen-bond acceptors (Lipinski definition) is 3. The minimum absolute atomic E-state index is 0.342. The monoisotopic (exact) mass is 236 g/mol. The van der Waals surface area contributed by atoms with Crippen LogP contribution >= 0.6 is 0 Å². The van der Waals surface area contributed by atoms with E-state index in [-0.39, 0.29) is 5.92 Å². The number of carboxylic acids is 1. The molecule has 0 saturated carbocycles. The molecule has 0 bridgehead atoms. The van der Waals surface area contributed by atoms with E-state index in [4.69, 9.17) is 5.11 Å². The lowest BCUT2D eigenvalue weighted by atomic mass is 10.1. The fraction of sp³-hybridized carbons (Fsp3) is 0.538. The highest BCUT2D eigenvalue weighted by Gasteiger charge is 2.15. The zero-order chi connectivity index (χ0) is 12.7. The molecule has 94 valence electrons. The third-order valence-electron chi connectivity index (χ3n) is 2.61. The van der Waals surface area contributed by atoms with E-state index in [2.05, 4.69) is 16.8 Å². The molecule has 0 saturated heterocycles. The third-order valence-corrected chi connectivity index (χ3v) is 2.61. The van der Waals surface area contributed by atoms with E-state index < -0.39 is 5.97 Å². The zero-order valence-electron chi connectivity index (χ0n) is 10.5. The van der Waals surface area contributed by atoms with Crippen LogP contribution in [0.1, 0.15) is 26.0 Å². The molecular weight excluding hydrogens is 216 g/mol. The molecule has 0 radical (unpaired) electrons. The van der Waals surface area contributed by atoms with E-state index in [9.17, 15) is 4.79 Å². The summed E-state index contributed by atoms with van der Waals surface area (Å²) in [6, 6.07) is 5.80. The van der Waals surface area contributed by atoms with Crippen molar-refractivity contribution in [1.29, 1.82) is 0 Å². The van der Waals surface area contributed by atoms with Crippen LogP contribution in [-0.2, 0) is 11.3 Å². The van der Waals surface area contributed by atoms with Crippen molar-refractivity contribution in [2.45, 2.75) is 26.8 Å². The van der Waals surface area contributed by atoms with Gasteiger partial charge in [-0.3, -0.25) is 14.7 Å². The van der Waals surface area contributed by atoms with Crippen LogP contribution in [-0.4, -0.2) is 34.0 Å². The summed E-state index contributed by atoms with van der Waals surface area (Å²) in [5.41, 5.74) is 0.985. The predicted molar refractivity (Wildman–Crippen MR) is 66.6 cm³/mol. The normalized spacial score (nSPS) is 12.6. The first-order valence-corrected chi connectivity index (χ1v) is 5.98. The predicted octanol–water partition coefficient (Wildman–Crippen LogP) is 2.01. The van der Waals surface area contributed by atoms with Gasteiger partial charge in [-0.2, -0.15) is 0 Å². The number of carbonyl (C=O) groups is 1. The largest absolute Gasteiger partial charge is 0.481 e. The smallest absolute Gasteiger partial charge is 0.307 e. The fourth-order valence-electron chi connectivity index (χ4n) is 1.74. The molecule has 1 N–H and O–H groups in total. The van der Waals surface area contributed by atoms with Gasteiger partial charge in [0.05, 0.1) is 11.6 Å². The third kappa shape index (κ3) is 4.95. The molecule has 1 aromatic rings. The van der Waals surface area contributed by atoms with Gasteiger partial charge in [0.15, 0.2) is 0 Å². The van der Waals surface area contributed by atoms with Gasteiger partial charge in [0.2, 0.25) is 0 Å². The SMILES string of the molecule is CCCN(Cc1ccccn1)CC(C)C(=O)O. The van der Waals surface area contributed by atoms with Gasteiger partial charge < -0.3 is 5.11 Å². The van der Waals surface area contributed by atoms with Crippen molar-refractivity contribution >= 4 is 5.97 Å². The quantitative estimate of drug-likeness (QED) is 0.787. The summed E-state index contributed by atoms with van der Waals surface area (Å²) >= 11 is 0. The molecule has 4 heteroatoms. The van der Waals surface area contributed by atoms with Crippen LogP contribution in [0.3, 0.4) is 0 Å². The second-order valence-electron chi connectivity index (χ2n) is 4.30. The summed E-state index contributed by atoms with van der Waals surface area (Å²) in [5.74, 6) is -1.09. The summed E-state index contributed by atoms with van der Waals surface area (Å²) in [5, 5.41) is 8.92. The average molecular weight is 236 g/mol. The lowest BCUT2D eigenvalue weighted by Crippen LogP contribution is -2.32. The van der Waals surface area contributed by atoms with Crippen molar-refractivity contribution in [3.63, 3.8) is 0 Å². The molecule has 4 nitrogen and oxygen atoms in total. The number of aliphatic carboxylic acids is 1. The Bertz CT molecular complexity index is 341. The Kier molecular flexibility index (Phi) is 5.63. The van der Waals surface area contributed by atoms with Crippen molar-refractivity contribution in [2.24, 2.45) is 5.92 Å². The van der Waals surface area contributed by atoms with Gasteiger partial charge in [0.25, 0.3) is 0 Å². The van der Waals surface area contributed by atoms with E-state index in [1.807, 2.05) is 18.2 Å². The summed E-state index contributed by atoms with van der Waals surface area (Å²) in [6.07, 6.45) is 2.78. The molecule has 0 aromatic carbocycles. The Morgan fingerprint density at radius 2 is 2.29 bits per heavy atom. The Morgan fingerprint density at radius 3 is 2.82 bits per heavy atom. The lowest BCUT2D eigenvalue weighted by molar-refractivity contribution is -0.141. The van der Waals surface area contributed by atoms with E-state index in [0.717, 1.165) is 18.7 Å². The maximum Gasteiger partial charge on any atom is 0.307 e. The van der Waals surface area contributed by atoms with Crippen LogP contribution < -0.4 is 0 Å². The van der Waals surface area contributed by atoms with Crippen LogP contribution in [0.5, 0.6) is 0 Å². The topological polar surface area (TPSA) is 53.4 Å². The number of aromatic nitrogens is 1. The summed E-state index contributed by atoms with van der Waals surface area (Å²) in [7, 11) is 0. The number of pyridine rings is 1. The second kappa shape index (κ2) is 7.01. The molecule has 0 spiro atoms. The van der Waals surface area contributed by atoms with E-state index in [1.165, 1.54) is 0 Å². The highest BCUT2D eigenvalue weighted by atomic mass is 16.4. The van der Waals surface area contributed by atoms with Crippen molar-refractivity contribution in [1.82, 2.24) is 9.88 Å². The van der Waals surface area contributed by atoms with E-state index >= 15 is 0 Å². The van der Waals surface area contributed by atoms with Gasteiger partial charge in [-0.1, -0.05) is 19.9 Å². The Labute approximate surface area is 102 Å². The second-order valence-corrected chi connectivity index (χ2v) is 4.30. The molecule has 1 heterocycles. The van der Waals surface area contributed by atoms with E-state index in [0.29, 0.717) is 13.1 Å². The van der Waals surface area contributed by atoms with Crippen LogP contribution in [0.25, 0.3) is 0 Å². The fourth-order valence-corrected chi connectivity index (χ4v) is 1.74. The molecule has 0 fully saturated rings. The van der Waals surface area contributed by atoms with Crippen molar-refractivity contribution in [2.75, 3.05) is 13.1 Å². The van der Waals surface area contributed by atoms with Gasteiger partial charge in [-0.05, 0) is 25.1 Å². The van der Waals surface area contributed by atoms with Crippen molar-refractivity contribution < 1.29 is 9.90 Å². The molecule has 1 rings (SSSR count). The van der Waals surface area contributed by atoms with E-state index in [1.54, 1.807) is 13.1 Å². The number of rotatable bonds is 7. The van der Waals surface area contributed by atoms with Crippen molar-refractivity contribution in [3.8, 4) is 0 Å². The van der Waals surface area contributed by atoms with Crippen LogP contribution in [0.15, 0.2) is 24.4 Å². The van der Waals surface area contributed by atoms with Crippen LogP contribution in [0, 0.1) is 5.92 Å². The number of nitrogens with zero attached hydrogens (tertiary/aromatic N) is 2. The first-order valence-electron chi connectivity index (χ1n) is 5.98. The van der Waals surface area contributed by atoms with Gasteiger partial charge in [-0.25, -0.2) is 0 Å². The molecule has 0 aliphatic heterocycles. The molecule has 1 atom stereocenters. The highest BCUT2D eigenvalue weighted by molar-refractivity contribution is 5.69. The van der Waals surface area contributed by atoms with Gasteiger partial charge in [-0.15, -0.1) is 0 Å². The molecule has 0 amide bonds. The number of carboxylic acid groups (broad SMARTS) is 1. The molecule has 17 heavy (non-hydrogen) atoms. The highest BCUT2D eigenvalue weighted by Crippen LogP contribution is 2.06. The number of hydrogen-bond donors (Lipinski definition) is 1. The summed E-state index contributed by atoms with van der Waals surface area (Å²) in [6.45, 7) is 6.01. The Balaban J connectivity index is 2.57. The average Bonchev–Trinajstić information content (AvgIpc) is 2.30. The van der Waals surface area contributed by atoms with Gasteiger partial charge >= 0.3 is 5.97 Å². The minimum Gasteiger partial charge on any atom is -0.481 e. The van der Waals surface area contributed by atoms with Crippen LogP contribution in [0.2, 0.25) is 0 Å². The zero-order valence-corrected chi connectivity index (χ0v) is 10.5. The molecule has 0 aliphatic rings. The standard InChI is InChI=1S/C13H20N2O2/c1-3-8-15(9-11(2)13(16)17)10-12-6-4-5-7-14-12/h4-7,11H,3,8-10H2,1-2H3,(H,16,17). The van der Waals surface area contributed by atoms with Crippen molar-refractivity contribution in [3.05, 3.63) is 30.1 Å². The molecule has 0 aliphatic carbocycles. The minimum atomic E-state index is -0.743. The maximum absolute atomic E-state index is 10.8. The van der Waals surface area contributed by atoms with Gasteiger partial charge in [0, 0.05) is 19.3 Å². The van der Waals surface area contributed by atoms with Gasteiger partial charge in [0.1, 0.15) is 0 Å². The maximum atomic E-state index is 10.8. The first-order chi connectivity index (χ1) is 8.13. The Morgan fingerprint density at radius 1 is 1.53 bits per heavy atom. The van der Waals surface area contributed by atoms with Crippen LogP contribution in [0.4, 0.5) is 0 Å². The first kappa shape index (κ1) is 13.6. The summed E-state index contributed by atoms with van der Waals surface area (Å²) < 4.78 is 0.